The first-order chi connectivity index (χ1) is 8.04. The van der Waals surface area contributed by atoms with Crippen LogP contribution >= 0.6 is 0 Å². The molecule has 0 aliphatic rings. The maximum Gasteiger partial charge on any atom is 0.360 e. The number of nitrogens with zero attached hydrogens (tertiary/aromatic N) is 1. The Labute approximate surface area is 99.0 Å². The largest absolute Gasteiger partial charge is 0.461 e. The Hall–Kier alpha value is -1.60. The zero-order valence-corrected chi connectivity index (χ0v) is 9.84. The normalized spacial score (nSPS) is 14.1. The quantitative estimate of drug-likeness (QED) is 0.602. The average Bonchev–Trinajstić information content (AvgIpc) is 2.74. The van der Waals surface area contributed by atoms with Gasteiger partial charge in [0.05, 0.1) is 12.7 Å². The van der Waals surface area contributed by atoms with Crippen molar-refractivity contribution in [2.24, 2.45) is 5.73 Å². The van der Waals surface area contributed by atoms with Gasteiger partial charge in [-0.3, -0.25) is 0 Å². The van der Waals surface area contributed by atoms with Gasteiger partial charge in [0.2, 0.25) is 0 Å². The van der Waals surface area contributed by atoms with Crippen LogP contribution in [0.15, 0.2) is 10.7 Å². The van der Waals surface area contributed by atoms with Gasteiger partial charge in [-0.15, -0.1) is 0 Å². The molecule has 0 spiro atoms. The summed E-state index contributed by atoms with van der Waals surface area (Å²) in [6.45, 7) is 3.87. The molecule has 0 saturated carbocycles. The number of nitrogens with two attached hydrogens (primary N) is 1. The Morgan fingerprint density at radius 3 is 3.06 bits per heavy atom. The van der Waals surface area contributed by atoms with E-state index in [1.807, 2.05) is 0 Å². The van der Waals surface area contributed by atoms with Crippen molar-refractivity contribution < 1.29 is 19.1 Å². The number of aromatic nitrogens is 1. The van der Waals surface area contributed by atoms with Crippen molar-refractivity contribution in [3.63, 3.8) is 0 Å². The van der Waals surface area contributed by atoms with Gasteiger partial charge in [-0.2, -0.15) is 4.98 Å². The van der Waals surface area contributed by atoms with Crippen LogP contribution in [0.5, 0.6) is 0 Å². The summed E-state index contributed by atoms with van der Waals surface area (Å²) in [6, 6.07) is -0.267. The molecule has 0 bridgehead atoms. The second-order valence-corrected chi connectivity index (χ2v) is 3.54. The maximum atomic E-state index is 11.3. The van der Waals surface area contributed by atoms with Gasteiger partial charge in [0.15, 0.2) is 5.69 Å². The lowest BCUT2D eigenvalue weighted by atomic mass is 10.2. The van der Waals surface area contributed by atoms with E-state index in [9.17, 15) is 9.90 Å². The summed E-state index contributed by atoms with van der Waals surface area (Å²) in [7, 11) is 0. The highest BCUT2D eigenvalue weighted by Gasteiger charge is 2.14. The fraction of sp³-hybridized carbons (Fsp3) is 0.600. The molecule has 17 heavy (non-hydrogen) atoms. The summed E-state index contributed by atoms with van der Waals surface area (Å²) < 4.78 is 9.75. The Kier molecular flexibility index (Phi) is 4.92. The molecule has 1 aromatic heterocycles. The third-order valence-electron chi connectivity index (χ3n) is 2.10. The van der Waals surface area contributed by atoms with E-state index in [0.717, 1.165) is 0 Å². The number of carbonyl (C=O) groups excluding carboxylic acids is 1. The zero-order valence-electron chi connectivity index (χ0n) is 9.84. The maximum absolute atomic E-state index is 11.3. The van der Waals surface area contributed by atoms with Gasteiger partial charge in [-0.25, -0.2) is 4.79 Å². The lowest BCUT2D eigenvalue weighted by Crippen LogP contribution is -2.38. The molecule has 0 amide bonds. The molecule has 2 unspecified atom stereocenters. The predicted molar refractivity (Wildman–Crippen MR) is 60.6 cm³/mol. The van der Waals surface area contributed by atoms with Crippen LogP contribution in [0.4, 0.5) is 6.01 Å². The van der Waals surface area contributed by atoms with Gasteiger partial charge >= 0.3 is 5.97 Å². The lowest BCUT2D eigenvalue weighted by Gasteiger charge is -2.13. The summed E-state index contributed by atoms with van der Waals surface area (Å²) in [5, 5.41) is 11.9. The number of esters is 1. The molecule has 0 aliphatic heterocycles. The van der Waals surface area contributed by atoms with E-state index < -0.39 is 18.1 Å². The first-order valence-corrected chi connectivity index (χ1v) is 5.34. The molecule has 7 nitrogen and oxygen atoms in total. The van der Waals surface area contributed by atoms with Crippen LogP contribution in [0.1, 0.15) is 24.3 Å². The van der Waals surface area contributed by atoms with Crippen LogP contribution in [0.2, 0.25) is 0 Å². The number of rotatable bonds is 6. The topological polar surface area (TPSA) is 111 Å². The van der Waals surface area contributed by atoms with Gasteiger partial charge in [0, 0.05) is 12.6 Å². The van der Waals surface area contributed by atoms with E-state index >= 15 is 0 Å². The number of hydrogen-bond donors (Lipinski definition) is 3. The van der Waals surface area contributed by atoms with Crippen LogP contribution in [0.25, 0.3) is 0 Å². The van der Waals surface area contributed by atoms with Crippen molar-refractivity contribution in [3.8, 4) is 0 Å². The fourth-order valence-corrected chi connectivity index (χ4v) is 1.03. The molecule has 7 heteroatoms. The first kappa shape index (κ1) is 13.5. The van der Waals surface area contributed by atoms with Crippen molar-refractivity contribution >= 4 is 12.0 Å². The van der Waals surface area contributed by atoms with Gasteiger partial charge < -0.3 is 25.3 Å². The van der Waals surface area contributed by atoms with Crippen molar-refractivity contribution in [1.82, 2.24) is 4.98 Å². The molecule has 0 fully saturated rings. The van der Waals surface area contributed by atoms with E-state index in [-0.39, 0.29) is 18.3 Å². The van der Waals surface area contributed by atoms with Crippen LogP contribution in [0.3, 0.4) is 0 Å². The number of ether oxygens (including phenoxy) is 1. The van der Waals surface area contributed by atoms with Crippen molar-refractivity contribution in [1.29, 1.82) is 0 Å². The van der Waals surface area contributed by atoms with Gasteiger partial charge in [0.25, 0.3) is 6.01 Å². The second kappa shape index (κ2) is 6.21. The van der Waals surface area contributed by atoms with Gasteiger partial charge in [0.1, 0.15) is 6.26 Å². The summed E-state index contributed by atoms with van der Waals surface area (Å²) in [5.74, 6) is -0.538. The Morgan fingerprint density at radius 2 is 2.47 bits per heavy atom. The summed E-state index contributed by atoms with van der Waals surface area (Å²) in [6.07, 6.45) is 0.566. The van der Waals surface area contributed by atoms with Crippen LogP contribution in [-0.2, 0) is 4.74 Å². The van der Waals surface area contributed by atoms with Crippen LogP contribution < -0.4 is 11.1 Å². The molecule has 4 N–H and O–H groups in total. The smallest absolute Gasteiger partial charge is 0.360 e. The number of anilines is 1. The molecule has 0 saturated heterocycles. The molecule has 96 valence electrons. The second-order valence-electron chi connectivity index (χ2n) is 3.54. The van der Waals surface area contributed by atoms with Gasteiger partial charge in [-0.05, 0) is 13.8 Å². The molecular weight excluding hydrogens is 226 g/mol. The molecule has 1 heterocycles. The molecule has 2 atom stereocenters. The molecule has 0 aliphatic carbocycles. The molecule has 1 aromatic rings. The highest BCUT2D eigenvalue weighted by atomic mass is 16.5. The van der Waals surface area contributed by atoms with Crippen molar-refractivity contribution in [2.45, 2.75) is 26.0 Å². The zero-order chi connectivity index (χ0) is 12.8. The number of aliphatic hydroxyl groups excluding tert-OH is 1. The monoisotopic (exact) mass is 243 g/mol. The van der Waals surface area contributed by atoms with Crippen LogP contribution in [0, 0.1) is 0 Å². The number of nitrogens with one attached hydrogen (secondary N) is 1. The van der Waals surface area contributed by atoms with Gasteiger partial charge in [-0.1, -0.05) is 0 Å². The number of oxazole rings is 1. The summed E-state index contributed by atoms with van der Waals surface area (Å²) in [5.41, 5.74) is 5.70. The Balaban J connectivity index is 2.48. The average molecular weight is 243 g/mol. The minimum absolute atomic E-state index is 0.0972. The summed E-state index contributed by atoms with van der Waals surface area (Å²) >= 11 is 0. The standard InChI is InChI=1S/C10H17N3O4/c1-3-16-9(15)8-5-17-10(13-8)12-4-7(11)6(2)14/h5-7,14H,3-4,11H2,1-2H3,(H,12,13). The first-order valence-electron chi connectivity index (χ1n) is 5.34. The van der Waals surface area contributed by atoms with E-state index in [0.29, 0.717) is 6.54 Å². The van der Waals surface area contributed by atoms with E-state index in [2.05, 4.69) is 10.3 Å². The highest BCUT2D eigenvalue weighted by Crippen LogP contribution is 2.08. The SMILES string of the molecule is CCOC(=O)c1coc(NCC(N)C(C)O)n1. The Morgan fingerprint density at radius 1 is 1.76 bits per heavy atom. The molecule has 0 aromatic carbocycles. The highest BCUT2D eigenvalue weighted by molar-refractivity contribution is 5.87. The van der Waals surface area contributed by atoms with Crippen molar-refractivity contribution in [3.05, 3.63) is 12.0 Å². The minimum atomic E-state index is -0.637. The minimum Gasteiger partial charge on any atom is -0.461 e. The number of hydrogen-bond acceptors (Lipinski definition) is 7. The fourth-order valence-electron chi connectivity index (χ4n) is 1.03. The number of carbonyl (C=O) groups is 1. The van der Waals surface area contributed by atoms with Crippen molar-refractivity contribution in [2.75, 3.05) is 18.5 Å². The summed E-state index contributed by atoms with van der Waals surface area (Å²) in [4.78, 5) is 15.1. The molecular formula is C10H17N3O4. The molecule has 0 radical (unpaired) electrons. The third kappa shape index (κ3) is 4.04. The van der Waals surface area contributed by atoms with E-state index in [4.69, 9.17) is 14.9 Å². The lowest BCUT2D eigenvalue weighted by molar-refractivity contribution is 0.0519. The third-order valence-corrected chi connectivity index (χ3v) is 2.10. The predicted octanol–water partition coefficient (Wildman–Crippen LogP) is -0.0287. The Bertz CT molecular complexity index is 364. The molecule has 1 rings (SSSR count). The van der Waals surface area contributed by atoms with E-state index in [1.165, 1.54) is 6.26 Å². The van der Waals surface area contributed by atoms with E-state index in [1.54, 1.807) is 13.8 Å². The number of aliphatic hydroxyl groups is 1. The van der Waals surface area contributed by atoms with Crippen LogP contribution in [-0.4, -0.2) is 41.4 Å².